The summed E-state index contributed by atoms with van der Waals surface area (Å²) in [4.78, 5) is 51.8. The van der Waals surface area contributed by atoms with Gasteiger partial charge in [0.1, 0.15) is 17.7 Å². The monoisotopic (exact) mass is 390 g/mol. The average molecular weight is 390 g/mol. The lowest BCUT2D eigenvalue weighted by Gasteiger charge is -2.31. The van der Waals surface area contributed by atoms with Crippen molar-refractivity contribution in [3.8, 4) is 0 Å². The molecule has 8 nitrogen and oxygen atoms in total. The summed E-state index contributed by atoms with van der Waals surface area (Å²) < 4.78 is 29.3. The van der Waals surface area contributed by atoms with Crippen LogP contribution in [-0.4, -0.2) is 59.7 Å². The van der Waals surface area contributed by atoms with Gasteiger partial charge >= 0.3 is 0 Å². The van der Waals surface area contributed by atoms with Gasteiger partial charge in [-0.3, -0.25) is 29.4 Å². The van der Waals surface area contributed by atoms with Gasteiger partial charge in [-0.1, -0.05) is 0 Å². The third-order valence-electron chi connectivity index (χ3n) is 5.94. The molecule has 1 aromatic rings. The SMILES string of the molecule is O=C1CCC(N2C(=O)c3c(F)cc(F)c(N4CC5CC4CN5)c3C2=O)C(=O)N1. The molecule has 1 aromatic carbocycles. The first-order valence-electron chi connectivity index (χ1n) is 9.10. The van der Waals surface area contributed by atoms with E-state index in [-0.39, 0.29) is 36.2 Å². The van der Waals surface area contributed by atoms with Crippen LogP contribution in [-0.2, 0) is 9.59 Å². The number of anilines is 1. The molecule has 3 unspecified atom stereocenters. The van der Waals surface area contributed by atoms with Crippen molar-refractivity contribution >= 4 is 29.3 Å². The highest BCUT2D eigenvalue weighted by molar-refractivity contribution is 6.25. The highest BCUT2D eigenvalue weighted by Crippen LogP contribution is 2.41. The summed E-state index contributed by atoms with van der Waals surface area (Å²) in [6.45, 7) is 1.05. The summed E-state index contributed by atoms with van der Waals surface area (Å²) in [6.07, 6.45) is 0.674. The number of nitrogens with one attached hydrogen (secondary N) is 2. The summed E-state index contributed by atoms with van der Waals surface area (Å²) in [7, 11) is 0. The van der Waals surface area contributed by atoms with E-state index in [1.807, 2.05) is 0 Å². The maximum absolute atomic E-state index is 14.8. The molecule has 3 atom stereocenters. The second-order valence-corrected chi connectivity index (χ2v) is 7.53. The predicted molar refractivity (Wildman–Crippen MR) is 90.6 cm³/mol. The number of halogens is 2. The van der Waals surface area contributed by atoms with Gasteiger partial charge in [-0.25, -0.2) is 8.78 Å². The molecule has 4 amide bonds. The number of rotatable bonds is 2. The van der Waals surface area contributed by atoms with Crippen molar-refractivity contribution in [2.45, 2.75) is 37.4 Å². The van der Waals surface area contributed by atoms with E-state index in [0.717, 1.165) is 6.42 Å². The fourth-order valence-electron chi connectivity index (χ4n) is 4.69. The zero-order valence-corrected chi connectivity index (χ0v) is 14.6. The number of hydrogen-bond donors (Lipinski definition) is 2. The molecule has 4 heterocycles. The van der Waals surface area contributed by atoms with Crippen LogP contribution in [0, 0.1) is 11.6 Å². The summed E-state index contributed by atoms with van der Waals surface area (Å²) in [5, 5.41) is 5.34. The number of piperazine rings is 1. The molecule has 0 spiro atoms. The summed E-state index contributed by atoms with van der Waals surface area (Å²) >= 11 is 0. The van der Waals surface area contributed by atoms with Gasteiger partial charge in [-0.05, 0) is 12.8 Å². The Kier molecular flexibility index (Phi) is 3.57. The van der Waals surface area contributed by atoms with E-state index in [1.165, 1.54) is 0 Å². The Labute approximate surface area is 157 Å². The van der Waals surface area contributed by atoms with Gasteiger partial charge in [0.25, 0.3) is 11.8 Å². The van der Waals surface area contributed by atoms with Gasteiger partial charge in [0.2, 0.25) is 11.8 Å². The Morgan fingerprint density at radius 2 is 1.79 bits per heavy atom. The minimum absolute atomic E-state index is 0.0466. The number of nitrogens with zero attached hydrogens (tertiary/aromatic N) is 2. The smallest absolute Gasteiger partial charge is 0.265 e. The summed E-state index contributed by atoms with van der Waals surface area (Å²) in [6, 6.07) is -0.519. The van der Waals surface area contributed by atoms with Crippen LogP contribution >= 0.6 is 0 Å². The summed E-state index contributed by atoms with van der Waals surface area (Å²) in [5.41, 5.74) is -0.930. The van der Waals surface area contributed by atoms with Crippen LogP contribution in [0.1, 0.15) is 40.0 Å². The number of imide groups is 2. The molecule has 0 aromatic heterocycles. The van der Waals surface area contributed by atoms with Crippen molar-refractivity contribution in [2.75, 3.05) is 18.0 Å². The Hall–Kier alpha value is -2.88. The Morgan fingerprint density at radius 1 is 1.04 bits per heavy atom. The molecule has 0 saturated carbocycles. The van der Waals surface area contributed by atoms with E-state index in [9.17, 15) is 28.0 Å². The van der Waals surface area contributed by atoms with Gasteiger partial charge < -0.3 is 10.2 Å². The average Bonchev–Trinajstić information content (AvgIpc) is 3.31. The predicted octanol–water partition coefficient (Wildman–Crippen LogP) is -0.0835. The first kappa shape index (κ1) is 17.2. The van der Waals surface area contributed by atoms with Gasteiger partial charge in [-0.2, -0.15) is 0 Å². The van der Waals surface area contributed by atoms with Crippen molar-refractivity contribution in [1.82, 2.24) is 15.5 Å². The molecule has 28 heavy (non-hydrogen) atoms. The van der Waals surface area contributed by atoms with E-state index in [1.54, 1.807) is 4.90 Å². The molecule has 4 aliphatic rings. The molecule has 3 saturated heterocycles. The van der Waals surface area contributed by atoms with Gasteiger partial charge in [-0.15, -0.1) is 0 Å². The number of hydrogen-bond acceptors (Lipinski definition) is 6. The van der Waals surface area contributed by atoms with Crippen molar-refractivity contribution < 1.29 is 28.0 Å². The number of piperidine rings is 1. The van der Waals surface area contributed by atoms with Crippen LogP contribution in [0.15, 0.2) is 6.07 Å². The minimum Gasteiger partial charge on any atom is -0.363 e. The molecule has 3 fully saturated rings. The van der Waals surface area contributed by atoms with Gasteiger partial charge in [0.15, 0.2) is 0 Å². The van der Waals surface area contributed by atoms with Crippen molar-refractivity contribution in [3.63, 3.8) is 0 Å². The zero-order chi connectivity index (χ0) is 19.7. The maximum atomic E-state index is 14.8. The highest BCUT2D eigenvalue weighted by Gasteiger charge is 2.50. The van der Waals surface area contributed by atoms with Crippen LogP contribution in [0.3, 0.4) is 0 Å². The molecular formula is C18H16F2N4O4. The topological polar surface area (TPSA) is 98.8 Å². The lowest BCUT2D eigenvalue weighted by Crippen LogP contribution is -2.54. The first-order chi connectivity index (χ1) is 13.4. The van der Waals surface area contributed by atoms with Crippen LogP contribution in [0.2, 0.25) is 0 Å². The quantitative estimate of drug-likeness (QED) is 0.686. The fourth-order valence-corrected chi connectivity index (χ4v) is 4.69. The molecule has 2 bridgehead atoms. The normalized spacial score (nSPS) is 29.0. The first-order valence-corrected chi connectivity index (χ1v) is 9.10. The van der Waals surface area contributed by atoms with E-state index in [2.05, 4.69) is 10.6 Å². The van der Waals surface area contributed by atoms with E-state index >= 15 is 0 Å². The number of carbonyl (C=O) groups excluding carboxylic acids is 4. The zero-order valence-electron chi connectivity index (χ0n) is 14.6. The number of fused-ring (bicyclic) bond motifs is 3. The lowest BCUT2D eigenvalue weighted by molar-refractivity contribution is -0.136. The standard InChI is InChI=1S/C18H16F2N4O4/c19-9-4-10(20)15(23-6-7-3-8(23)5-21-7)14-13(9)17(27)24(18(14)28)11-1-2-12(25)22-16(11)26/h4,7-8,11,21H,1-3,5-6H2,(H,22,25,26). The van der Waals surface area contributed by atoms with Gasteiger partial charge in [0.05, 0.1) is 16.8 Å². The second kappa shape index (κ2) is 5.81. The molecule has 5 rings (SSSR count). The third-order valence-corrected chi connectivity index (χ3v) is 5.94. The van der Waals surface area contributed by atoms with Crippen LogP contribution in [0.4, 0.5) is 14.5 Å². The summed E-state index contributed by atoms with van der Waals surface area (Å²) in [5.74, 6) is -5.22. The lowest BCUT2D eigenvalue weighted by atomic mass is 10.0. The fraction of sp³-hybridized carbons (Fsp3) is 0.444. The molecule has 0 radical (unpaired) electrons. The third kappa shape index (κ3) is 2.24. The second-order valence-electron chi connectivity index (χ2n) is 7.53. The maximum Gasteiger partial charge on any atom is 0.265 e. The largest absolute Gasteiger partial charge is 0.363 e. The molecule has 2 N–H and O–H groups in total. The van der Waals surface area contributed by atoms with Crippen LogP contribution < -0.4 is 15.5 Å². The number of benzene rings is 1. The number of carbonyl (C=O) groups is 4. The van der Waals surface area contributed by atoms with E-state index in [0.29, 0.717) is 24.1 Å². The molecule has 146 valence electrons. The van der Waals surface area contributed by atoms with Crippen LogP contribution in [0.25, 0.3) is 0 Å². The molecule has 4 aliphatic heterocycles. The Morgan fingerprint density at radius 3 is 2.43 bits per heavy atom. The van der Waals surface area contributed by atoms with E-state index < -0.39 is 46.9 Å². The van der Waals surface area contributed by atoms with Crippen molar-refractivity contribution in [2.24, 2.45) is 0 Å². The van der Waals surface area contributed by atoms with Gasteiger partial charge in [0, 0.05) is 37.7 Å². The molecular weight excluding hydrogens is 374 g/mol. The Bertz CT molecular complexity index is 965. The van der Waals surface area contributed by atoms with Crippen LogP contribution in [0.5, 0.6) is 0 Å². The molecule has 10 heteroatoms. The molecule has 0 aliphatic carbocycles. The highest BCUT2D eigenvalue weighted by atomic mass is 19.1. The van der Waals surface area contributed by atoms with Crippen molar-refractivity contribution in [3.05, 3.63) is 28.8 Å². The number of amides is 4. The van der Waals surface area contributed by atoms with E-state index in [4.69, 9.17) is 0 Å². The Balaban J connectivity index is 1.60. The minimum atomic E-state index is -1.22. The van der Waals surface area contributed by atoms with Crippen molar-refractivity contribution in [1.29, 1.82) is 0 Å².